The quantitative estimate of drug-likeness (QED) is 0.567. The molecule has 122 valence electrons. The molecule has 1 amide bonds. The SMILES string of the molecule is NC(=O)c1cc(C(F)(F)F)n(-c2c(N)cccc2F)c(=O)c1N. The number of primary amides is 1. The number of carbonyl (C=O) groups excluding carboxylic acids is 1. The molecule has 0 saturated heterocycles. The van der Waals surface area contributed by atoms with Gasteiger partial charge in [0.1, 0.15) is 22.9 Å². The van der Waals surface area contributed by atoms with Gasteiger partial charge in [0, 0.05) is 0 Å². The zero-order valence-corrected chi connectivity index (χ0v) is 11.3. The Kier molecular flexibility index (Phi) is 3.77. The van der Waals surface area contributed by atoms with Crippen molar-refractivity contribution in [3.8, 4) is 5.69 Å². The van der Waals surface area contributed by atoms with Crippen molar-refractivity contribution in [3.05, 3.63) is 51.7 Å². The summed E-state index contributed by atoms with van der Waals surface area (Å²) in [6.07, 6.45) is -5.09. The molecule has 1 heterocycles. The predicted molar refractivity (Wildman–Crippen MR) is 74.3 cm³/mol. The first-order valence-electron chi connectivity index (χ1n) is 6.02. The second-order valence-electron chi connectivity index (χ2n) is 4.54. The van der Waals surface area contributed by atoms with Crippen LogP contribution >= 0.6 is 0 Å². The lowest BCUT2D eigenvalue weighted by atomic mass is 10.1. The zero-order valence-electron chi connectivity index (χ0n) is 11.3. The number of aromatic nitrogens is 1. The molecule has 0 atom stereocenters. The Hall–Kier alpha value is -3.04. The molecule has 0 aliphatic rings. The van der Waals surface area contributed by atoms with Gasteiger partial charge in [-0.05, 0) is 18.2 Å². The Morgan fingerprint density at radius 1 is 1.17 bits per heavy atom. The van der Waals surface area contributed by atoms with Crippen LogP contribution in [0.4, 0.5) is 28.9 Å². The van der Waals surface area contributed by atoms with Crippen LogP contribution < -0.4 is 22.8 Å². The average molecular weight is 330 g/mol. The molecule has 0 spiro atoms. The maximum atomic E-state index is 13.9. The molecule has 0 aliphatic heterocycles. The largest absolute Gasteiger partial charge is 0.431 e. The Bertz CT molecular complexity index is 838. The lowest BCUT2D eigenvalue weighted by molar-refractivity contribution is -0.142. The van der Waals surface area contributed by atoms with E-state index in [9.17, 15) is 27.2 Å². The number of amides is 1. The van der Waals surface area contributed by atoms with Gasteiger partial charge in [-0.1, -0.05) is 6.07 Å². The van der Waals surface area contributed by atoms with Gasteiger partial charge in [0.15, 0.2) is 0 Å². The minimum absolute atomic E-state index is 0.0214. The number of alkyl halides is 3. The van der Waals surface area contributed by atoms with Crippen LogP contribution in [0.15, 0.2) is 29.1 Å². The summed E-state index contributed by atoms with van der Waals surface area (Å²) < 4.78 is 53.6. The minimum atomic E-state index is -5.09. The number of rotatable bonds is 2. The second-order valence-corrected chi connectivity index (χ2v) is 4.54. The summed E-state index contributed by atoms with van der Waals surface area (Å²) in [5.41, 5.74) is 9.81. The molecule has 1 aromatic carbocycles. The summed E-state index contributed by atoms with van der Waals surface area (Å²) in [7, 11) is 0. The van der Waals surface area contributed by atoms with Gasteiger partial charge in [-0.15, -0.1) is 0 Å². The van der Waals surface area contributed by atoms with E-state index in [-0.39, 0.29) is 10.6 Å². The van der Waals surface area contributed by atoms with E-state index in [1.165, 1.54) is 0 Å². The van der Waals surface area contributed by atoms with Crippen LogP contribution in [0.2, 0.25) is 0 Å². The number of para-hydroxylation sites is 1. The molecule has 2 rings (SSSR count). The van der Waals surface area contributed by atoms with Crippen molar-refractivity contribution < 1.29 is 22.4 Å². The van der Waals surface area contributed by atoms with E-state index in [0.717, 1.165) is 18.2 Å². The number of pyridine rings is 1. The number of halogens is 4. The van der Waals surface area contributed by atoms with Gasteiger partial charge < -0.3 is 17.2 Å². The number of hydrogen-bond acceptors (Lipinski definition) is 4. The number of nitrogens with zero attached hydrogens (tertiary/aromatic N) is 1. The van der Waals surface area contributed by atoms with Gasteiger partial charge in [0.25, 0.3) is 11.5 Å². The van der Waals surface area contributed by atoms with E-state index in [0.29, 0.717) is 0 Å². The van der Waals surface area contributed by atoms with Gasteiger partial charge in [-0.2, -0.15) is 13.2 Å². The Balaban J connectivity index is 3.02. The molecule has 0 aliphatic carbocycles. The molecular formula is C13H10F4N4O2. The molecule has 10 heteroatoms. The average Bonchev–Trinajstić information content (AvgIpc) is 2.41. The van der Waals surface area contributed by atoms with Gasteiger partial charge in [0.2, 0.25) is 0 Å². The smallest absolute Gasteiger partial charge is 0.397 e. The first-order chi connectivity index (χ1) is 10.6. The molecule has 0 bridgehead atoms. The molecule has 0 radical (unpaired) electrons. The van der Waals surface area contributed by atoms with Crippen molar-refractivity contribution in [2.24, 2.45) is 5.73 Å². The summed E-state index contributed by atoms with van der Waals surface area (Å²) in [6, 6.07) is 3.39. The first-order valence-corrected chi connectivity index (χ1v) is 6.02. The predicted octanol–water partition coefficient (Wildman–Crippen LogP) is 1.26. The van der Waals surface area contributed by atoms with E-state index < -0.39 is 51.8 Å². The van der Waals surface area contributed by atoms with Crippen LogP contribution in [0.5, 0.6) is 0 Å². The van der Waals surface area contributed by atoms with Gasteiger partial charge in [-0.3, -0.25) is 14.2 Å². The molecule has 6 nitrogen and oxygen atoms in total. The van der Waals surface area contributed by atoms with E-state index >= 15 is 0 Å². The fourth-order valence-electron chi connectivity index (χ4n) is 2.03. The number of nitrogens with two attached hydrogens (primary N) is 3. The minimum Gasteiger partial charge on any atom is -0.397 e. The van der Waals surface area contributed by atoms with Crippen molar-refractivity contribution in [1.82, 2.24) is 4.57 Å². The summed E-state index contributed by atoms with van der Waals surface area (Å²) >= 11 is 0. The summed E-state index contributed by atoms with van der Waals surface area (Å²) in [6.45, 7) is 0. The highest BCUT2D eigenvalue weighted by molar-refractivity contribution is 5.98. The normalized spacial score (nSPS) is 11.5. The van der Waals surface area contributed by atoms with Gasteiger partial charge in [-0.25, -0.2) is 4.39 Å². The lowest BCUT2D eigenvalue weighted by Gasteiger charge is -2.19. The molecular weight excluding hydrogens is 320 g/mol. The number of nitrogen functional groups attached to an aromatic ring is 2. The van der Waals surface area contributed by atoms with Crippen molar-refractivity contribution >= 4 is 17.3 Å². The monoisotopic (exact) mass is 330 g/mol. The van der Waals surface area contributed by atoms with E-state index in [1.807, 2.05) is 0 Å². The number of hydrogen-bond donors (Lipinski definition) is 3. The van der Waals surface area contributed by atoms with Crippen molar-refractivity contribution in [2.75, 3.05) is 11.5 Å². The summed E-state index contributed by atoms with van der Waals surface area (Å²) in [5.74, 6) is -2.48. The summed E-state index contributed by atoms with van der Waals surface area (Å²) in [5, 5.41) is 0. The maximum Gasteiger partial charge on any atom is 0.431 e. The fraction of sp³-hybridized carbons (Fsp3) is 0.0769. The Morgan fingerprint density at radius 3 is 2.26 bits per heavy atom. The standard InChI is InChI=1S/C13H10F4N4O2/c14-6-2-1-3-7(18)10(6)21-8(13(15,16)17)4-5(11(20)22)9(19)12(21)23/h1-4H,18-19H2,(H2,20,22). The van der Waals surface area contributed by atoms with Crippen LogP contribution in [0.3, 0.4) is 0 Å². The van der Waals surface area contributed by atoms with Crippen LogP contribution in [0.25, 0.3) is 5.69 Å². The van der Waals surface area contributed by atoms with E-state index in [2.05, 4.69) is 0 Å². The Labute approximate surface area is 126 Å². The fourth-order valence-corrected chi connectivity index (χ4v) is 2.03. The third-order valence-electron chi connectivity index (χ3n) is 3.04. The molecule has 0 unspecified atom stereocenters. The zero-order chi connectivity index (χ0) is 17.5. The van der Waals surface area contributed by atoms with E-state index in [4.69, 9.17) is 17.2 Å². The number of anilines is 2. The maximum absolute atomic E-state index is 13.9. The van der Waals surface area contributed by atoms with Crippen LogP contribution in [-0.2, 0) is 6.18 Å². The topological polar surface area (TPSA) is 117 Å². The highest BCUT2D eigenvalue weighted by Crippen LogP contribution is 2.33. The third-order valence-corrected chi connectivity index (χ3v) is 3.04. The van der Waals surface area contributed by atoms with Crippen LogP contribution in [0, 0.1) is 5.82 Å². The van der Waals surface area contributed by atoms with E-state index in [1.54, 1.807) is 0 Å². The molecule has 0 fully saturated rings. The first kappa shape index (κ1) is 16.3. The van der Waals surface area contributed by atoms with Gasteiger partial charge >= 0.3 is 6.18 Å². The van der Waals surface area contributed by atoms with Crippen LogP contribution in [0.1, 0.15) is 16.1 Å². The van der Waals surface area contributed by atoms with Crippen LogP contribution in [-0.4, -0.2) is 10.5 Å². The van der Waals surface area contributed by atoms with Gasteiger partial charge in [0.05, 0.1) is 11.3 Å². The van der Waals surface area contributed by atoms with Crippen molar-refractivity contribution in [3.63, 3.8) is 0 Å². The molecule has 6 N–H and O–H groups in total. The number of benzene rings is 1. The third kappa shape index (κ3) is 2.70. The molecule has 2 aromatic rings. The molecule has 23 heavy (non-hydrogen) atoms. The lowest BCUT2D eigenvalue weighted by Crippen LogP contribution is -2.32. The van der Waals surface area contributed by atoms with Crippen molar-refractivity contribution in [1.29, 1.82) is 0 Å². The summed E-state index contributed by atoms with van der Waals surface area (Å²) in [4.78, 5) is 23.3. The van der Waals surface area contributed by atoms with Crippen molar-refractivity contribution in [2.45, 2.75) is 6.18 Å². The Morgan fingerprint density at radius 2 is 1.78 bits per heavy atom. The molecule has 0 saturated carbocycles. The highest BCUT2D eigenvalue weighted by atomic mass is 19.4. The number of carbonyl (C=O) groups is 1. The highest BCUT2D eigenvalue weighted by Gasteiger charge is 2.37. The second kappa shape index (κ2) is 5.30. The molecule has 1 aromatic heterocycles.